The van der Waals surface area contributed by atoms with E-state index in [4.69, 9.17) is 0 Å². The van der Waals surface area contributed by atoms with Crippen LogP contribution in [-0.4, -0.2) is 41.4 Å². The zero-order valence-corrected chi connectivity index (χ0v) is 14.1. The summed E-state index contributed by atoms with van der Waals surface area (Å²) in [5.41, 5.74) is 1.38. The average Bonchev–Trinajstić information content (AvgIpc) is 3.23. The highest BCUT2D eigenvalue weighted by atomic mass is 32.1. The molecule has 1 atom stereocenters. The molecule has 120 valence electrons. The molecule has 2 fully saturated rings. The molecule has 1 saturated heterocycles. The van der Waals surface area contributed by atoms with Gasteiger partial charge in [0.05, 0.1) is 5.92 Å². The molecule has 3 heterocycles. The summed E-state index contributed by atoms with van der Waals surface area (Å²) < 4.78 is 0. The van der Waals surface area contributed by atoms with E-state index in [-0.39, 0.29) is 5.92 Å². The molecule has 0 bridgehead atoms. The Balaban J connectivity index is 1.36. The standard InChI is InChI=1S/C18H26N2OS/c21-18(20-10-7-17-14(12-20)8-11-22-17)15-6-9-19(13-15)16-4-2-1-3-5-16/h8,11,15-16H,1-7,9-10,12-13H2/t15-/m0/s1. The van der Waals surface area contributed by atoms with E-state index in [0.29, 0.717) is 5.91 Å². The molecule has 0 unspecified atom stereocenters. The number of nitrogens with zero attached hydrogens (tertiary/aromatic N) is 2. The van der Waals surface area contributed by atoms with E-state index in [9.17, 15) is 4.79 Å². The van der Waals surface area contributed by atoms with E-state index in [0.717, 1.165) is 45.1 Å². The van der Waals surface area contributed by atoms with E-state index in [1.54, 1.807) is 0 Å². The molecular formula is C18H26N2OS. The predicted molar refractivity (Wildman–Crippen MR) is 90.0 cm³/mol. The molecule has 1 aromatic heterocycles. The molecule has 22 heavy (non-hydrogen) atoms. The third kappa shape index (κ3) is 2.83. The van der Waals surface area contributed by atoms with Crippen LogP contribution in [0.1, 0.15) is 49.0 Å². The van der Waals surface area contributed by atoms with Gasteiger partial charge in [0, 0.05) is 30.6 Å². The molecule has 3 aliphatic rings. The van der Waals surface area contributed by atoms with Gasteiger partial charge in [-0.25, -0.2) is 0 Å². The summed E-state index contributed by atoms with van der Waals surface area (Å²) in [6.07, 6.45) is 9.00. The summed E-state index contributed by atoms with van der Waals surface area (Å²) in [7, 11) is 0. The number of hydrogen-bond donors (Lipinski definition) is 0. The number of hydrogen-bond acceptors (Lipinski definition) is 3. The van der Waals surface area contributed by atoms with Crippen molar-refractivity contribution in [3.63, 3.8) is 0 Å². The van der Waals surface area contributed by atoms with Crippen molar-refractivity contribution in [3.05, 3.63) is 21.9 Å². The third-order valence-corrected chi connectivity index (χ3v) is 6.80. The zero-order chi connectivity index (χ0) is 14.9. The van der Waals surface area contributed by atoms with Gasteiger partial charge in [0.2, 0.25) is 5.91 Å². The maximum absolute atomic E-state index is 12.9. The number of likely N-dealkylation sites (tertiary alicyclic amines) is 1. The highest BCUT2D eigenvalue weighted by molar-refractivity contribution is 7.10. The number of thiophene rings is 1. The first-order valence-corrected chi connectivity index (χ1v) is 9.77. The third-order valence-electron chi connectivity index (χ3n) is 5.78. The van der Waals surface area contributed by atoms with Gasteiger partial charge < -0.3 is 4.90 Å². The van der Waals surface area contributed by atoms with Crippen LogP contribution in [0.2, 0.25) is 0 Å². The molecule has 4 heteroatoms. The van der Waals surface area contributed by atoms with E-state index in [2.05, 4.69) is 21.2 Å². The van der Waals surface area contributed by atoms with Crippen molar-refractivity contribution in [2.45, 2.75) is 57.5 Å². The second-order valence-corrected chi connectivity index (χ2v) is 8.15. The summed E-state index contributed by atoms with van der Waals surface area (Å²) in [5, 5.41) is 2.17. The molecule has 1 amide bonds. The first-order valence-electron chi connectivity index (χ1n) is 8.89. The van der Waals surface area contributed by atoms with E-state index in [1.165, 1.54) is 42.5 Å². The second kappa shape index (κ2) is 6.32. The molecule has 0 N–H and O–H groups in total. The lowest BCUT2D eigenvalue weighted by atomic mass is 9.94. The summed E-state index contributed by atoms with van der Waals surface area (Å²) in [6.45, 7) is 3.92. The van der Waals surface area contributed by atoms with Crippen LogP contribution in [0.4, 0.5) is 0 Å². The molecule has 4 rings (SSSR count). The van der Waals surface area contributed by atoms with Crippen LogP contribution in [0.3, 0.4) is 0 Å². The van der Waals surface area contributed by atoms with Gasteiger partial charge >= 0.3 is 0 Å². The molecule has 0 spiro atoms. The summed E-state index contributed by atoms with van der Waals surface area (Å²) in [5.74, 6) is 0.664. The first-order chi connectivity index (χ1) is 10.8. The average molecular weight is 318 g/mol. The lowest BCUT2D eigenvalue weighted by Crippen LogP contribution is -2.41. The number of amides is 1. The normalized spacial score (nSPS) is 27.1. The molecule has 1 aromatic rings. The van der Waals surface area contributed by atoms with Crippen molar-refractivity contribution in [3.8, 4) is 0 Å². The van der Waals surface area contributed by atoms with Gasteiger partial charge in [-0.3, -0.25) is 9.69 Å². The molecular weight excluding hydrogens is 292 g/mol. The smallest absolute Gasteiger partial charge is 0.227 e. The molecule has 0 radical (unpaired) electrons. The summed E-state index contributed by atoms with van der Waals surface area (Å²) in [6, 6.07) is 2.96. The highest BCUT2D eigenvalue weighted by Gasteiger charge is 2.35. The SMILES string of the molecule is O=C([C@H]1CCN(C2CCCCC2)C1)N1CCc2sccc2C1. The van der Waals surface area contributed by atoms with Crippen LogP contribution in [0.5, 0.6) is 0 Å². The Morgan fingerprint density at radius 3 is 2.86 bits per heavy atom. The van der Waals surface area contributed by atoms with Gasteiger partial charge in [0.1, 0.15) is 0 Å². The molecule has 1 aliphatic carbocycles. The maximum Gasteiger partial charge on any atom is 0.227 e. The Hall–Kier alpha value is -0.870. The fourth-order valence-electron chi connectivity index (χ4n) is 4.46. The highest BCUT2D eigenvalue weighted by Crippen LogP contribution is 2.30. The van der Waals surface area contributed by atoms with Crippen LogP contribution in [0.15, 0.2) is 11.4 Å². The molecule has 3 nitrogen and oxygen atoms in total. The van der Waals surface area contributed by atoms with Gasteiger partial charge in [0.15, 0.2) is 0 Å². The topological polar surface area (TPSA) is 23.6 Å². The first kappa shape index (κ1) is 14.7. The minimum atomic E-state index is 0.252. The van der Waals surface area contributed by atoms with Gasteiger partial charge in [-0.1, -0.05) is 19.3 Å². The molecule has 2 aliphatic heterocycles. The number of fused-ring (bicyclic) bond motifs is 1. The van der Waals surface area contributed by atoms with Crippen LogP contribution in [-0.2, 0) is 17.8 Å². The van der Waals surface area contributed by atoms with Crippen molar-refractivity contribution in [2.75, 3.05) is 19.6 Å². The molecule has 0 aromatic carbocycles. The van der Waals surface area contributed by atoms with Gasteiger partial charge in [-0.15, -0.1) is 11.3 Å². The zero-order valence-electron chi connectivity index (χ0n) is 13.3. The fraction of sp³-hybridized carbons (Fsp3) is 0.722. The van der Waals surface area contributed by atoms with Crippen molar-refractivity contribution in [1.29, 1.82) is 0 Å². The maximum atomic E-state index is 12.9. The van der Waals surface area contributed by atoms with Gasteiger partial charge in [-0.05, 0) is 49.2 Å². The lowest BCUT2D eigenvalue weighted by molar-refractivity contribution is -0.136. The van der Waals surface area contributed by atoms with Crippen LogP contribution < -0.4 is 0 Å². The monoisotopic (exact) mass is 318 g/mol. The van der Waals surface area contributed by atoms with E-state index < -0.39 is 0 Å². The molecule has 1 saturated carbocycles. The summed E-state index contributed by atoms with van der Waals surface area (Å²) in [4.78, 5) is 19.1. The minimum Gasteiger partial charge on any atom is -0.338 e. The Morgan fingerprint density at radius 2 is 2.00 bits per heavy atom. The summed E-state index contributed by atoms with van der Waals surface area (Å²) >= 11 is 1.84. The quantitative estimate of drug-likeness (QED) is 0.835. The second-order valence-electron chi connectivity index (χ2n) is 7.15. The van der Waals surface area contributed by atoms with Crippen LogP contribution in [0, 0.1) is 5.92 Å². The lowest BCUT2D eigenvalue weighted by Gasteiger charge is -2.32. The van der Waals surface area contributed by atoms with Crippen molar-refractivity contribution < 1.29 is 4.79 Å². The van der Waals surface area contributed by atoms with Crippen molar-refractivity contribution >= 4 is 17.2 Å². The Morgan fingerprint density at radius 1 is 1.14 bits per heavy atom. The van der Waals surface area contributed by atoms with E-state index >= 15 is 0 Å². The predicted octanol–water partition coefficient (Wildman–Crippen LogP) is 3.29. The number of rotatable bonds is 2. The van der Waals surface area contributed by atoms with Crippen LogP contribution in [0.25, 0.3) is 0 Å². The van der Waals surface area contributed by atoms with Gasteiger partial charge in [-0.2, -0.15) is 0 Å². The van der Waals surface area contributed by atoms with Gasteiger partial charge in [0.25, 0.3) is 0 Å². The van der Waals surface area contributed by atoms with E-state index in [1.807, 2.05) is 11.3 Å². The fourth-order valence-corrected chi connectivity index (χ4v) is 5.35. The minimum absolute atomic E-state index is 0.252. The Bertz CT molecular complexity index is 535. The Labute approximate surface area is 137 Å². The largest absolute Gasteiger partial charge is 0.338 e. The number of carbonyl (C=O) groups excluding carboxylic acids is 1. The van der Waals surface area contributed by atoms with Crippen LogP contribution >= 0.6 is 11.3 Å². The van der Waals surface area contributed by atoms with Crippen molar-refractivity contribution in [1.82, 2.24) is 9.80 Å². The number of carbonyl (C=O) groups is 1. The Kier molecular flexibility index (Phi) is 4.23. The van der Waals surface area contributed by atoms with Crippen molar-refractivity contribution in [2.24, 2.45) is 5.92 Å².